The Morgan fingerprint density at radius 3 is 2.57 bits per heavy atom. The summed E-state index contributed by atoms with van der Waals surface area (Å²) in [6.07, 6.45) is 0.854. The molecule has 8 nitrogen and oxygen atoms in total. The van der Waals surface area contributed by atoms with Crippen LogP contribution >= 0.6 is 0 Å². The molecule has 2 aromatic rings. The van der Waals surface area contributed by atoms with Crippen LogP contribution in [0.15, 0.2) is 4.79 Å². The third-order valence-corrected chi connectivity index (χ3v) is 4.37. The van der Waals surface area contributed by atoms with Gasteiger partial charge in [-0.25, -0.2) is 9.48 Å². The lowest BCUT2D eigenvalue weighted by Gasteiger charge is -2.26. The first-order valence-electron chi connectivity index (χ1n) is 7.90. The van der Waals surface area contributed by atoms with Crippen LogP contribution in [-0.4, -0.2) is 41.5 Å². The fraction of sp³-hybridized carbons (Fsp3) is 0.600. The van der Waals surface area contributed by atoms with Gasteiger partial charge in [-0.2, -0.15) is 10.2 Å². The highest BCUT2D eigenvalue weighted by Crippen LogP contribution is 2.18. The second kappa shape index (κ2) is 5.68. The second-order valence-electron chi connectivity index (χ2n) is 5.97. The van der Waals surface area contributed by atoms with Crippen LogP contribution in [-0.2, 0) is 26.7 Å². The van der Waals surface area contributed by atoms with Crippen LogP contribution in [0.25, 0.3) is 0 Å². The molecule has 124 valence electrons. The normalized spacial score (nSPS) is 14.2. The molecule has 3 heterocycles. The molecule has 3 rings (SSSR count). The van der Waals surface area contributed by atoms with E-state index in [0.29, 0.717) is 37.6 Å². The highest BCUT2D eigenvalue weighted by molar-refractivity contribution is 5.96. The number of aryl methyl sites for hydroxylation is 3. The molecule has 0 radical (unpaired) electrons. The Kier molecular flexibility index (Phi) is 3.83. The molecular formula is C15H22N6O2. The molecule has 0 unspecified atom stereocenters. The van der Waals surface area contributed by atoms with Gasteiger partial charge in [-0.15, -0.1) is 0 Å². The Morgan fingerprint density at radius 2 is 1.96 bits per heavy atom. The summed E-state index contributed by atoms with van der Waals surface area (Å²) in [4.78, 5) is 26.8. The Bertz CT molecular complexity index is 813. The third kappa shape index (κ3) is 2.47. The number of rotatable bonds is 3. The minimum atomic E-state index is -0.0808. The van der Waals surface area contributed by atoms with Gasteiger partial charge in [0.2, 0.25) is 0 Å². The molecule has 1 aliphatic heterocycles. The Balaban J connectivity index is 1.88. The van der Waals surface area contributed by atoms with Gasteiger partial charge in [-0.1, -0.05) is 6.92 Å². The number of aromatic nitrogens is 5. The van der Waals surface area contributed by atoms with Gasteiger partial charge in [-0.05, 0) is 20.3 Å². The van der Waals surface area contributed by atoms with Crippen molar-refractivity contribution < 1.29 is 4.79 Å². The fourth-order valence-corrected chi connectivity index (χ4v) is 3.07. The van der Waals surface area contributed by atoms with E-state index in [9.17, 15) is 9.59 Å². The van der Waals surface area contributed by atoms with Crippen LogP contribution in [0.3, 0.4) is 0 Å². The zero-order valence-corrected chi connectivity index (χ0v) is 14.0. The minimum Gasteiger partial charge on any atom is -0.329 e. The zero-order chi connectivity index (χ0) is 16.7. The molecular weight excluding hydrogens is 296 g/mol. The summed E-state index contributed by atoms with van der Waals surface area (Å²) in [5.41, 5.74) is 2.15. The van der Waals surface area contributed by atoms with Gasteiger partial charge in [0.15, 0.2) is 5.82 Å². The highest BCUT2D eigenvalue weighted by Gasteiger charge is 2.28. The summed E-state index contributed by atoms with van der Waals surface area (Å²) >= 11 is 0. The van der Waals surface area contributed by atoms with Crippen LogP contribution in [0.1, 0.15) is 40.9 Å². The standard InChI is InChI=1S/C15H22N6O2/c1-5-6-21-15(23)20-8-7-19(9-12(20)17-21)14(22)13-10(2)16-18(4)11(13)3/h5-9H2,1-4H3. The van der Waals surface area contributed by atoms with E-state index < -0.39 is 0 Å². The number of carbonyl (C=O) groups excluding carboxylic acids is 1. The van der Waals surface area contributed by atoms with E-state index in [0.717, 1.165) is 17.8 Å². The monoisotopic (exact) mass is 318 g/mol. The van der Waals surface area contributed by atoms with Crippen molar-refractivity contribution >= 4 is 5.91 Å². The van der Waals surface area contributed by atoms with E-state index in [2.05, 4.69) is 10.2 Å². The van der Waals surface area contributed by atoms with E-state index in [-0.39, 0.29) is 11.6 Å². The average Bonchev–Trinajstić information content (AvgIpc) is 2.96. The summed E-state index contributed by atoms with van der Waals surface area (Å²) in [5.74, 6) is 0.610. The maximum Gasteiger partial charge on any atom is 0.346 e. The molecule has 0 aliphatic carbocycles. The van der Waals surface area contributed by atoms with E-state index >= 15 is 0 Å². The van der Waals surface area contributed by atoms with Crippen molar-refractivity contribution in [2.75, 3.05) is 6.54 Å². The van der Waals surface area contributed by atoms with Gasteiger partial charge in [0.1, 0.15) is 0 Å². The molecule has 0 spiro atoms. The second-order valence-corrected chi connectivity index (χ2v) is 5.97. The summed E-state index contributed by atoms with van der Waals surface area (Å²) < 4.78 is 4.88. The molecule has 0 N–H and O–H groups in total. The maximum atomic E-state index is 12.8. The smallest absolute Gasteiger partial charge is 0.329 e. The number of hydrogen-bond acceptors (Lipinski definition) is 4. The van der Waals surface area contributed by atoms with E-state index in [1.807, 2.05) is 27.8 Å². The maximum absolute atomic E-state index is 12.8. The van der Waals surface area contributed by atoms with Crippen LogP contribution < -0.4 is 5.69 Å². The number of amides is 1. The average molecular weight is 318 g/mol. The first kappa shape index (κ1) is 15.5. The third-order valence-electron chi connectivity index (χ3n) is 4.37. The first-order chi connectivity index (χ1) is 10.9. The Labute approximate surface area is 134 Å². The largest absolute Gasteiger partial charge is 0.346 e. The van der Waals surface area contributed by atoms with Gasteiger partial charge in [0.05, 0.1) is 17.8 Å². The molecule has 0 aromatic carbocycles. The summed E-state index contributed by atoms with van der Waals surface area (Å²) in [5, 5.41) is 8.68. The number of carbonyl (C=O) groups is 1. The predicted molar refractivity (Wildman–Crippen MR) is 84.2 cm³/mol. The van der Waals surface area contributed by atoms with E-state index in [1.54, 1.807) is 14.1 Å². The summed E-state index contributed by atoms with van der Waals surface area (Å²) in [6.45, 7) is 7.71. The minimum absolute atomic E-state index is 0.0446. The highest BCUT2D eigenvalue weighted by atomic mass is 16.2. The lowest BCUT2D eigenvalue weighted by molar-refractivity contribution is 0.0704. The van der Waals surface area contributed by atoms with Crippen molar-refractivity contribution in [1.82, 2.24) is 29.0 Å². The lowest BCUT2D eigenvalue weighted by Crippen LogP contribution is -2.41. The molecule has 0 saturated carbocycles. The number of fused-ring (bicyclic) bond motifs is 1. The van der Waals surface area contributed by atoms with Gasteiger partial charge in [-0.3, -0.25) is 14.0 Å². The molecule has 8 heteroatoms. The van der Waals surface area contributed by atoms with Crippen LogP contribution in [0.4, 0.5) is 0 Å². The fourth-order valence-electron chi connectivity index (χ4n) is 3.07. The summed E-state index contributed by atoms with van der Waals surface area (Å²) in [7, 11) is 1.83. The van der Waals surface area contributed by atoms with Crippen molar-refractivity contribution in [3.05, 3.63) is 33.3 Å². The molecule has 2 aromatic heterocycles. The molecule has 23 heavy (non-hydrogen) atoms. The molecule has 0 fully saturated rings. The van der Waals surface area contributed by atoms with E-state index in [4.69, 9.17) is 0 Å². The molecule has 0 bridgehead atoms. The predicted octanol–water partition coefficient (Wildman–Crippen LogP) is 0.461. The van der Waals surface area contributed by atoms with Crippen LogP contribution in [0.5, 0.6) is 0 Å². The first-order valence-corrected chi connectivity index (χ1v) is 7.90. The topological polar surface area (TPSA) is 78.0 Å². The molecule has 1 amide bonds. The molecule has 0 saturated heterocycles. The Hall–Kier alpha value is -2.38. The van der Waals surface area contributed by atoms with Crippen molar-refractivity contribution in [1.29, 1.82) is 0 Å². The lowest BCUT2D eigenvalue weighted by atomic mass is 10.1. The van der Waals surface area contributed by atoms with E-state index in [1.165, 1.54) is 4.68 Å². The van der Waals surface area contributed by atoms with Gasteiger partial charge >= 0.3 is 5.69 Å². The quantitative estimate of drug-likeness (QED) is 0.824. The van der Waals surface area contributed by atoms with Gasteiger partial charge in [0.25, 0.3) is 5.91 Å². The van der Waals surface area contributed by atoms with Crippen molar-refractivity contribution in [2.45, 2.75) is 46.8 Å². The summed E-state index contributed by atoms with van der Waals surface area (Å²) in [6, 6.07) is 0. The van der Waals surface area contributed by atoms with Crippen molar-refractivity contribution in [3.63, 3.8) is 0 Å². The van der Waals surface area contributed by atoms with Gasteiger partial charge in [0, 0.05) is 32.4 Å². The molecule has 0 atom stereocenters. The molecule has 1 aliphatic rings. The Morgan fingerprint density at radius 1 is 1.22 bits per heavy atom. The van der Waals surface area contributed by atoms with Crippen molar-refractivity contribution in [3.8, 4) is 0 Å². The van der Waals surface area contributed by atoms with Crippen LogP contribution in [0, 0.1) is 13.8 Å². The SMILES string of the molecule is CCCn1nc2n(c1=O)CCN(C(=O)c1c(C)nn(C)c1C)C2. The van der Waals surface area contributed by atoms with Gasteiger partial charge < -0.3 is 4.90 Å². The number of hydrogen-bond donors (Lipinski definition) is 0. The number of nitrogens with zero attached hydrogens (tertiary/aromatic N) is 6. The van der Waals surface area contributed by atoms with Crippen molar-refractivity contribution in [2.24, 2.45) is 7.05 Å². The van der Waals surface area contributed by atoms with Crippen LogP contribution in [0.2, 0.25) is 0 Å². The zero-order valence-electron chi connectivity index (χ0n) is 14.0.